The van der Waals surface area contributed by atoms with E-state index in [9.17, 15) is 0 Å². The molecule has 3 nitrogen and oxygen atoms in total. The Morgan fingerprint density at radius 3 is 2.86 bits per heavy atom. The summed E-state index contributed by atoms with van der Waals surface area (Å²) in [5.41, 5.74) is 7.78. The molecule has 0 fully saturated rings. The summed E-state index contributed by atoms with van der Waals surface area (Å²) in [5, 5.41) is 5.75. The number of fused-ring (bicyclic) bond motifs is 1. The zero-order chi connectivity index (χ0) is 9.97. The summed E-state index contributed by atoms with van der Waals surface area (Å²) in [5.74, 6) is 0. The van der Waals surface area contributed by atoms with E-state index in [2.05, 4.69) is 18.1 Å². The van der Waals surface area contributed by atoms with Gasteiger partial charge >= 0.3 is 0 Å². The molecule has 0 aliphatic rings. The van der Waals surface area contributed by atoms with E-state index >= 15 is 0 Å². The minimum Gasteiger partial charge on any atom is -0.330 e. The number of hydrogen-bond donors (Lipinski definition) is 1. The molecule has 0 aliphatic carbocycles. The predicted octanol–water partition coefficient (Wildman–Crippen LogP) is 1.69. The first kappa shape index (κ1) is 9.21. The van der Waals surface area contributed by atoms with Crippen molar-refractivity contribution < 1.29 is 0 Å². The maximum atomic E-state index is 5.48. The van der Waals surface area contributed by atoms with Crippen molar-refractivity contribution in [2.45, 2.75) is 19.9 Å². The highest BCUT2D eigenvalue weighted by Crippen LogP contribution is 2.16. The van der Waals surface area contributed by atoms with Crippen molar-refractivity contribution in [3.63, 3.8) is 0 Å². The van der Waals surface area contributed by atoms with Gasteiger partial charge in [-0.05, 0) is 26.0 Å². The van der Waals surface area contributed by atoms with Gasteiger partial charge in [-0.1, -0.05) is 18.2 Å². The molecule has 74 valence electrons. The Hall–Kier alpha value is -1.35. The molecule has 1 heterocycles. The molecule has 3 heteroatoms. The van der Waals surface area contributed by atoms with Crippen LogP contribution in [0.5, 0.6) is 0 Å². The fraction of sp³-hybridized carbons (Fsp3) is 0.364. The van der Waals surface area contributed by atoms with Crippen molar-refractivity contribution >= 4 is 10.9 Å². The summed E-state index contributed by atoms with van der Waals surface area (Å²) >= 11 is 0. The van der Waals surface area contributed by atoms with Crippen LogP contribution in [-0.4, -0.2) is 16.3 Å². The largest absolute Gasteiger partial charge is 0.330 e. The summed E-state index contributed by atoms with van der Waals surface area (Å²) in [4.78, 5) is 0. The van der Waals surface area contributed by atoms with Crippen LogP contribution >= 0.6 is 0 Å². The molecular weight excluding hydrogens is 174 g/mol. The second kappa shape index (κ2) is 3.80. The lowest BCUT2D eigenvalue weighted by atomic mass is 10.2. The molecule has 1 aromatic heterocycles. The number of nitrogens with zero attached hydrogens (tertiary/aromatic N) is 2. The van der Waals surface area contributed by atoms with Crippen molar-refractivity contribution in [2.24, 2.45) is 5.73 Å². The minimum absolute atomic E-state index is 0.718. The van der Waals surface area contributed by atoms with Crippen molar-refractivity contribution in [2.75, 3.05) is 6.54 Å². The molecule has 0 atom stereocenters. The van der Waals surface area contributed by atoms with Gasteiger partial charge in [0, 0.05) is 17.6 Å². The Morgan fingerprint density at radius 2 is 2.14 bits per heavy atom. The average molecular weight is 189 g/mol. The highest BCUT2D eigenvalue weighted by atomic mass is 15.3. The standard InChI is InChI=1S/C11H15N3/c1-9-10-5-2-3-6-11(10)13-14(9)8-4-7-12/h2-3,5-6H,4,7-8,12H2,1H3. The zero-order valence-corrected chi connectivity index (χ0v) is 8.40. The lowest BCUT2D eigenvalue weighted by Crippen LogP contribution is -2.07. The molecule has 2 rings (SSSR count). The molecule has 0 bridgehead atoms. The summed E-state index contributed by atoms with van der Waals surface area (Å²) in [6, 6.07) is 8.21. The molecule has 0 radical (unpaired) electrons. The van der Waals surface area contributed by atoms with Gasteiger partial charge in [0.25, 0.3) is 0 Å². The fourth-order valence-corrected chi connectivity index (χ4v) is 1.67. The van der Waals surface area contributed by atoms with E-state index in [1.165, 1.54) is 11.1 Å². The van der Waals surface area contributed by atoms with Crippen molar-refractivity contribution in [1.82, 2.24) is 9.78 Å². The molecule has 0 aliphatic heterocycles. The van der Waals surface area contributed by atoms with Gasteiger partial charge < -0.3 is 5.73 Å². The van der Waals surface area contributed by atoms with E-state index in [-0.39, 0.29) is 0 Å². The normalized spacial score (nSPS) is 11.0. The van der Waals surface area contributed by atoms with Crippen molar-refractivity contribution in [3.05, 3.63) is 30.0 Å². The molecule has 2 N–H and O–H groups in total. The summed E-state index contributed by atoms with van der Waals surface area (Å²) in [7, 11) is 0. The number of nitrogens with two attached hydrogens (primary N) is 1. The van der Waals surface area contributed by atoms with Crippen molar-refractivity contribution in [3.8, 4) is 0 Å². The van der Waals surface area contributed by atoms with E-state index in [1.54, 1.807) is 0 Å². The number of rotatable bonds is 3. The number of aryl methyl sites for hydroxylation is 2. The first-order valence-electron chi connectivity index (χ1n) is 4.95. The Bertz CT molecular complexity index is 431. The molecule has 0 spiro atoms. The molecule has 0 amide bonds. The number of hydrogen-bond acceptors (Lipinski definition) is 2. The fourth-order valence-electron chi connectivity index (χ4n) is 1.67. The molecule has 0 saturated heterocycles. The third-order valence-corrected chi connectivity index (χ3v) is 2.48. The highest BCUT2D eigenvalue weighted by Gasteiger charge is 2.04. The van der Waals surface area contributed by atoms with E-state index in [0.717, 1.165) is 25.0 Å². The van der Waals surface area contributed by atoms with Crippen LogP contribution in [0.4, 0.5) is 0 Å². The number of benzene rings is 1. The molecule has 1 aromatic carbocycles. The quantitative estimate of drug-likeness (QED) is 0.798. The van der Waals surface area contributed by atoms with Gasteiger partial charge in [-0.3, -0.25) is 4.68 Å². The Labute approximate surface area is 83.5 Å². The van der Waals surface area contributed by atoms with E-state index in [4.69, 9.17) is 5.73 Å². The number of aromatic nitrogens is 2. The van der Waals surface area contributed by atoms with Gasteiger partial charge in [-0.25, -0.2) is 0 Å². The van der Waals surface area contributed by atoms with Crippen LogP contribution in [0, 0.1) is 6.92 Å². The van der Waals surface area contributed by atoms with E-state index < -0.39 is 0 Å². The highest BCUT2D eigenvalue weighted by molar-refractivity contribution is 5.81. The zero-order valence-electron chi connectivity index (χ0n) is 8.40. The van der Waals surface area contributed by atoms with Crippen LogP contribution < -0.4 is 5.73 Å². The van der Waals surface area contributed by atoms with E-state index in [0.29, 0.717) is 0 Å². The summed E-state index contributed by atoms with van der Waals surface area (Å²) in [6.07, 6.45) is 0.981. The molecule has 14 heavy (non-hydrogen) atoms. The maximum absolute atomic E-state index is 5.48. The van der Waals surface area contributed by atoms with Crippen LogP contribution in [0.1, 0.15) is 12.1 Å². The van der Waals surface area contributed by atoms with Crippen LogP contribution in [-0.2, 0) is 6.54 Å². The Morgan fingerprint density at radius 1 is 1.36 bits per heavy atom. The van der Waals surface area contributed by atoms with Gasteiger partial charge in [0.1, 0.15) is 0 Å². The van der Waals surface area contributed by atoms with Crippen LogP contribution in [0.3, 0.4) is 0 Å². The van der Waals surface area contributed by atoms with Gasteiger partial charge in [0.15, 0.2) is 0 Å². The maximum Gasteiger partial charge on any atom is 0.0926 e. The second-order valence-corrected chi connectivity index (χ2v) is 3.47. The topological polar surface area (TPSA) is 43.8 Å². The van der Waals surface area contributed by atoms with Crippen LogP contribution in [0.2, 0.25) is 0 Å². The van der Waals surface area contributed by atoms with Gasteiger partial charge in [-0.2, -0.15) is 5.10 Å². The van der Waals surface area contributed by atoms with Gasteiger partial charge in [0.05, 0.1) is 5.52 Å². The van der Waals surface area contributed by atoms with E-state index in [1.807, 2.05) is 22.9 Å². The third-order valence-electron chi connectivity index (χ3n) is 2.48. The third kappa shape index (κ3) is 1.51. The average Bonchev–Trinajstić information content (AvgIpc) is 2.54. The monoisotopic (exact) mass is 189 g/mol. The lowest BCUT2D eigenvalue weighted by molar-refractivity contribution is 0.576. The minimum atomic E-state index is 0.718. The lowest BCUT2D eigenvalue weighted by Gasteiger charge is -2.01. The molecule has 2 aromatic rings. The first-order valence-corrected chi connectivity index (χ1v) is 4.95. The molecular formula is C11H15N3. The summed E-state index contributed by atoms with van der Waals surface area (Å²) < 4.78 is 2.04. The van der Waals surface area contributed by atoms with Crippen molar-refractivity contribution in [1.29, 1.82) is 0 Å². The van der Waals surface area contributed by atoms with Gasteiger partial charge in [-0.15, -0.1) is 0 Å². The predicted molar refractivity (Wildman–Crippen MR) is 58.1 cm³/mol. The smallest absolute Gasteiger partial charge is 0.0926 e. The van der Waals surface area contributed by atoms with Crippen LogP contribution in [0.25, 0.3) is 10.9 Å². The van der Waals surface area contributed by atoms with Crippen LogP contribution in [0.15, 0.2) is 24.3 Å². The Balaban J connectivity index is 2.41. The summed E-state index contributed by atoms with van der Waals surface area (Å²) in [6.45, 7) is 3.73. The molecule has 0 saturated carbocycles. The Kier molecular flexibility index (Phi) is 2.50. The molecule has 0 unspecified atom stereocenters. The van der Waals surface area contributed by atoms with Gasteiger partial charge in [0.2, 0.25) is 0 Å². The second-order valence-electron chi connectivity index (χ2n) is 3.47. The SMILES string of the molecule is Cc1c2ccccc2nn1CCCN. The first-order chi connectivity index (χ1) is 6.83.